The summed E-state index contributed by atoms with van der Waals surface area (Å²) < 4.78 is 0. The van der Waals surface area contributed by atoms with Crippen LogP contribution in [0.25, 0.3) is 0 Å². The van der Waals surface area contributed by atoms with Gasteiger partial charge in [0.1, 0.15) is 0 Å². The van der Waals surface area contributed by atoms with Crippen LogP contribution in [0.15, 0.2) is 0 Å². The quantitative estimate of drug-likeness (QED) is 0.101. The molecule has 1 unspecified atom stereocenters. The third-order valence-electron chi connectivity index (χ3n) is 6.93. The number of hydrogen-bond acceptors (Lipinski definition) is 1. The van der Waals surface area contributed by atoms with Crippen LogP contribution in [0.2, 0.25) is 0 Å². The van der Waals surface area contributed by atoms with Gasteiger partial charge in [-0.1, -0.05) is 168 Å². The SMILES string of the molecule is CCCCCCCCCCCCCCC(O)(P)CCCCCCCCCCCCCC. The van der Waals surface area contributed by atoms with Crippen LogP contribution in [-0.2, 0) is 0 Å². The van der Waals surface area contributed by atoms with Gasteiger partial charge in [0, 0.05) is 0 Å². The van der Waals surface area contributed by atoms with Crippen molar-refractivity contribution in [3.05, 3.63) is 0 Å². The molecule has 0 aliphatic heterocycles. The third-order valence-corrected chi connectivity index (χ3v) is 7.50. The molecule has 1 atom stereocenters. The molecule has 0 bridgehead atoms. The van der Waals surface area contributed by atoms with Gasteiger partial charge >= 0.3 is 0 Å². The molecular formula is C29H61OP. The van der Waals surface area contributed by atoms with Crippen LogP contribution in [0.1, 0.15) is 181 Å². The molecule has 1 N–H and O–H groups in total. The summed E-state index contributed by atoms with van der Waals surface area (Å²) in [7, 11) is 2.75. The van der Waals surface area contributed by atoms with Gasteiger partial charge in [0.25, 0.3) is 0 Å². The van der Waals surface area contributed by atoms with E-state index in [1.807, 2.05) is 0 Å². The molecule has 0 saturated heterocycles. The van der Waals surface area contributed by atoms with Gasteiger partial charge in [-0.25, -0.2) is 0 Å². The van der Waals surface area contributed by atoms with Gasteiger partial charge in [-0.3, -0.25) is 0 Å². The van der Waals surface area contributed by atoms with Crippen molar-refractivity contribution < 1.29 is 5.11 Å². The molecule has 0 aliphatic carbocycles. The summed E-state index contributed by atoms with van der Waals surface area (Å²) in [4.78, 5) is 0. The van der Waals surface area contributed by atoms with Crippen molar-refractivity contribution in [2.24, 2.45) is 0 Å². The molecule has 0 radical (unpaired) electrons. The standard InChI is InChI=1S/C29H61OP/c1-3-5-7-9-11-13-15-17-19-21-23-25-27-29(30,31)28-26-24-22-20-18-16-14-12-10-8-6-4-2/h30H,3-28,31H2,1-2H3. The summed E-state index contributed by atoms with van der Waals surface area (Å²) in [6.45, 7) is 4.58. The minimum atomic E-state index is -0.503. The van der Waals surface area contributed by atoms with Crippen molar-refractivity contribution in [1.29, 1.82) is 0 Å². The second kappa shape index (κ2) is 25.0. The first-order chi connectivity index (χ1) is 15.1. The van der Waals surface area contributed by atoms with Crippen LogP contribution >= 0.6 is 9.24 Å². The molecule has 0 aromatic rings. The largest absolute Gasteiger partial charge is 0.386 e. The summed E-state index contributed by atoms with van der Waals surface area (Å²) >= 11 is 0. The van der Waals surface area contributed by atoms with Crippen LogP contribution in [-0.4, -0.2) is 10.4 Å². The second-order valence-electron chi connectivity index (χ2n) is 10.4. The Labute approximate surface area is 200 Å². The predicted octanol–water partition coefficient (Wildman–Crippen LogP) is 10.7. The highest BCUT2D eigenvalue weighted by Crippen LogP contribution is 2.29. The van der Waals surface area contributed by atoms with E-state index in [1.54, 1.807) is 0 Å². The van der Waals surface area contributed by atoms with E-state index in [-0.39, 0.29) is 0 Å². The molecule has 0 spiro atoms. The minimum Gasteiger partial charge on any atom is -0.386 e. The second-order valence-corrected chi connectivity index (χ2v) is 11.5. The highest BCUT2D eigenvalue weighted by molar-refractivity contribution is 7.18. The first kappa shape index (κ1) is 31.4. The van der Waals surface area contributed by atoms with Crippen molar-refractivity contribution in [3.8, 4) is 0 Å². The van der Waals surface area contributed by atoms with E-state index in [0.717, 1.165) is 12.8 Å². The normalized spacial score (nSPS) is 12.0. The summed E-state index contributed by atoms with van der Waals surface area (Å²) in [5.41, 5.74) is 0. The Balaban J connectivity index is 3.29. The van der Waals surface area contributed by atoms with E-state index in [2.05, 4.69) is 23.1 Å². The van der Waals surface area contributed by atoms with Crippen molar-refractivity contribution in [2.75, 3.05) is 0 Å². The molecule has 0 saturated carbocycles. The summed E-state index contributed by atoms with van der Waals surface area (Å²) in [5, 5.41) is 10.1. The molecule has 2 heteroatoms. The van der Waals surface area contributed by atoms with Crippen LogP contribution < -0.4 is 0 Å². The zero-order chi connectivity index (χ0) is 22.9. The van der Waals surface area contributed by atoms with Crippen LogP contribution in [0, 0.1) is 0 Å². The van der Waals surface area contributed by atoms with E-state index in [0.29, 0.717) is 0 Å². The van der Waals surface area contributed by atoms with E-state index in [9.17, 15) is 5.11 Å². The maximum atomic E-state index is 10.6. The molecule has 31 heavy (non-hydrogen) atoms. The van der Waals surface area contributed by atoms with E-state index in [4.69, 9.17) is 0 Å². The molecule has 0 amide bonds. The van der Waals surface area contributed by atoms with Gasteiger partial charge in [-0.05, 0) is 12.8 Å². The van der Waals surface area contributed by atoms with Crippen LogP contribution in [0.5, 0.6) is 0 Å². The summed E-state index contributed by atoms with van der Waals surface area (Å²) in [6, 6.07) is 0. The molecule has 0 aromatic heterocycles. The fraction of sp³-hybridized carbons (Fsp3) is 1.00. The predicted molar refractivity (Wildman–Crippen MR) is 146 cm³/mol. The Kier molecular flexibility index (Phi) is 25.3. The molecule has 188 valence electrons. The van der Waals surface area contributed by atoms with Gasteiger partial charge in [-0.15, -0.1) is 9.24 Å². The molecular weight excluding hydrogens is 395 g/mol. The minimum absolute atomic E-state index is 0.503. The van der Waals surface area contributed by atoms with E-state index in [1.165, 1.54) is 154 Å². The number of aliphatic hydroxyl groups is 1. The highest BCUT2D eigenvalue weighted by Gasteiger charge is 2.18. The van der Waals surface area contributed by atoms with Gasteiger partial charge in [0.05, 0.1) is 5.34 Å². The lowest BCUT2D eigenvalue weighted by Crippen LogP contribution is -2.19. The topological polar surface area (TPSA) is 20.2 Å². The van der Waals surface area contributed by atoms with E-state index < -0.39 is 5.34 Å². The van der Waals surface area contributed by atoms with Crippen molar-refractivity contribution in [1.82, 2.24) is 0 Å². The van der Waals surface area contributed by atoms with Gasteiger partial charge in [0.2, 0.25) is 0 Å². The molecule has 0 fully saturated rings. The Hall–Kier alpha value is 0.390. The van der Waals surface area contributed by atoms with Crippen LogP contribution in [0.3, 0.4) is 0 Å². The summed E-state index contributed by atoms with van der Waals surface area (Å²) in [6.07, 6.45) is 35.2. The molecule has 0 aromatic carbocycles. The van der Waals surface area contributed by atoms with Gasteiger partial charge in [0.15, 0.2) is 0 Å². The molecule has 0 rings (SSSR count). The monoisotopic (exact) mass is 456 g/mol. The maximum absolute atomic E-state index is 10.6. The zero-order valence-corrected chi connectivity index (χ0v) is 23.1. The molecule has 0 aliphatic rings. The highest BCUT2D eigenvalue weighted by atomic mass is 31.0. The van der Waals surface area contributed by atoms with Gasteiger partial charge in [-0.2, -0.15) is 0 Å². The van der Waals surface area contributed by atoms with Crippen molar-refractivity contribution in [3.63, 3.8) is 0 Å². The summed E-state index contributed by atoms with van der Waals surface area (Å²) in [5.74, 6) is 0. The zero-order valence-electron chi connectivity index (χ0n) is 21.9. The lowest BCUT2D eigenvalue weighted by atomic mass is 10.0. The van der Waals surface area contributed by atoms with Crippen molar-refractivity contribution >= 4 is 9.24 Å². The first-order valence-corrected chi connectivity index (χ1v) is 15.2. The molecule has 0 heterocycles. The lowest BCUT2D eigenvalue weighted by Gasteiger charge is -2.23. The first-order valence-electron chi connectivity index (χ1n) is 14.6. The number of rotatable bonds is 26. The van der Waals surface area contributed by atoms with Crippen molar-refractivity contribution in [2.45, 2.75) is 186 Å². The smallest absolute Gasteiger partial charge is 0.0778 e. The average molecular weight is 457 g/mol. The Morgan fingerprint density at radius 2 is 0.581 bits per heavy atom. The Bertz CT molecular complexity index is 299. The van der Waals surface area contributed by atoms with E-state index >= 15 is 0 Å². The fourth-order valence-corrected chi connectivity index (χ4v) is 5.08. The molecule has 1 nitrogen and oxygen atoms in total. The number of hydrogen-bond donors (Lipinski definition) is 1. The average Bonchev–Trinajstić information content (AvgIpc) is 2.75. The third kappa shape index (κ3) is 26.5. The van der Waals surface area contributed by atoms with Gasteiger partial charge < -0.3 is 5.11 Å². The lowest BCUT2D eigenvalue weighted by molar-refractivity contribution is 0.109. The maximum Gasteiger partial charge on any atom is 0.0778 e. The Morgan fingerprint density at radius 1 is 0.387 bits per heavy atom. The fourth-order valence-electron chi connectivity index (χ4n) is 4.67. The number of unbranched alkanes of at least 4 members (excludes halogenated alkanes) is 22. The van der Waals surface area contributed by atoms with Crippen LogP contribution in [0.4, 0.5) is 0 Å². The Morgan fingerprint density at radius 3 is 0.806 bits per heavy atom.